The summed E-state index contributed by atoms with van der Waals surface area (Å²) < 4.78 is 6.66. The van der Waals surface area contributed by atoms with Crippen LogP contribution < -0.4 is 4.74 Å². The van der Waals surface area contributed by atoms with Crippen molar-refractivity contribution in [1.29, 1.82) is 5.26 Å². The maximum Gasteiger partial charge on any atom is 0.195 e. The Morgan fingerprint density at radius 2 is 2.09 bits per heavy atom. The number of benzene rings is 2. The van der Waals surface area contributed by atoms with E-state index in [0.29, 0.717) is 17.3 Å². The van der Waals surface area contributed by atoms with Crippen LogP contribution in [0.4, 0.5) is 5.69 Å². The Morgan fingerprint density at radius 3 is 2.82 bits per heavy atom. The molecule has 0 spiro atoms. The molecule has 3 rings (SSSR count). The van der Waals surface area contributed by atoms with Gasteiger partial charge in [0.15, 0.2) is 5.01 Å². The van der Waals surface area contributed by atoms with Crippen LogP contribution in [0.2, 0.25) is 0 Å². The fraction of sp³-hybridized carbons (Fsp3) is 0.0667. The van der Waals surface area contributed by atoms with Crippen molar-refractivity contribution in [2.45, 2.75) is 6.61 Å². The number of nitrogens with zero attached hydrogens (tertiary/aromatic N) is 5. The summed E-state index contributed by atoms with van der Waals surface area (Å²) >= 11 is 1.34. The minimum atomic E-state index is 0.409. The van der Waals surface area contributed by atoms with E-state index in [-0.39, 0.29) is 0 Å². The normalized spacial score (nSPS) is 9.95. The standard InChI is InChI=1S/C15H9N5OS/c16-8-15-18-13-6-5-12(7-14(13)22-15)21-9-10-1-3-11(4-2-10)19-20-17/h1-7H,9H2. The Kier molecular flexibility index (Phi) is 3.88. The summed E-state index contributed by atoms with van der Waals surface area (Å²) in [6.45, 7) is 0.409. The van der Waals surface area contributed by atoms with Crippen LogP contribution in [0, 0.1) is 11.3 Å². The van der Waals surface area contributed by atoms with Crippen molar-refractivity contribution >= 4 is 27.2 Å². The molecule has 0 radical (unpaired) electrons. The molecule has 0 saturated carbocycles. The van der Waals surface area contributed by atoms with Gasteiger partial charge < -0.3 is 4.74 Å². The van der Waals surface area contributed by atoms with Gasteiger partial charge in [0.25, 0.3) is 0 Å². The van der Waals surface area contributed by atoms with Gasteiger partial charge in [-0.1, -0.05) is 29.4 Å². The summed E-state index contributed by atoms with van der Waals surface area (Å²) in [6.07, 6.45) is 0. The molecule has 0 unspecified atom stereocenters. The van der Waals surface area contributed by atoms with Crippen LogP contribution >= 0.6 is 11.3 Å². The van der Waals surface area contributed by atoms with E-state index in [4.69, 9.17) is 15.5 Å². The third-order valence-corrected chi connectivity index (χ3v) is 3.88. The van der Waals surface area contributed by atoms with Gasteiger partial charge in [-0.2, -0.15) is 5.26 Å². The number of ether oxygens (including phenoxy) is 1. The van der Waals surface area contributed by atoms with Crippen LogP contribution in [0.15, 0.2) is 47.6 Å². The van der Waals surface area contributed by atoms with Gasteiger partial charge in [0.05, 0.1) is 10.2 Å². The Balaban J connectivity index is 1.73. The maximum atomic E-state index is 8.86. The summed E-state index contributed by atoms with van der Waals surface area (Å²) in [5, 5.41) is 12.8. The minimum Gasteiger partial charge on any atom is -0.489 e. The SMILES string of the molecule is N#Cc1nc2ccc(OCc3ccc(N=[N+]=[N-])cc3)cc2s1. The molecule has 22 heavy (non-hydrogen) atoms. The lowest BCUT2D eigenvalue weighted by Crippen LogP contribution is -1.94. The summed E-state index contributed by atoms with van der Waals surface area (Å²) in [5.74, 6) is 0.722. The van der Waals surface area contributed by atoms with Crippen molar-refractivity contribution in [3.8, 4) is 11.8 Å². The van der Waals surface area contributed by atoms with Gasteiger partial charge >= 0.3 is 0 Å². The zero-order valence-corrected chi connectivity index (χ0v) is 12.1. The van der Waals surface area contributed by atoms with Gasteiger partial charge in [-0.15, -0.1) is 11.3 Å². The monoisotopic (exact) mass is 307 g/mol. The highest BCUT2D eigenvalue weighted by Gasteiger charge is 2.05. The van der Waals surface area contributed by atoms with Crippen molar-refractivity contribution in [2.24, 2.45) is 5.11 Å². The van der Waals surface area contributed by atoms with Crippen LogP contribution in [0.5, 0.6) is 5.75 Å². The van der Waals surface area contributed by atoms with Gasteiger partial charge in [-0.05, 0) is 29.3 Å². The molecule has 2 aromatic carbocycles. The molecule has 106 valence electrons. The second-order valence-electron chi connectivity index (χ2n) is 4.40. The van der Waals surface area contributed by atoms with Gasteiger partial charge in [0.1, 0.15) is 18.4 Å². The number of nitriles is 1. The lowest BCUT2D eigenvalue weighted by molar-refractivity contribution is 0.306. The molecule has 7 heteroatoms. The number of hydrogen-bond donors (Lipinski definition) is 0. The molecule has 0 bridgehead atoms. The highest BCUT2D eigenvalue weighted by Crippen LogP contribution is 2.26. The van der Waals surface area contributed by atoms with Crippen LogP contribution in [-0.4, -0.2) is 4.98 Å². The van der Waals surface area contributed by atoms with E-state index in [1.165, 1.54) is 11.3 Å². The molecule has 1 heterocycles. The molecule has 6 nitrogen and oxygen atoms in total. The molecule has 0 aliphatic carbocycles. The number of aromatic nitrogens is 1. The number of hydrogen-bond acceptors (Lipinski definition) is 5. The number of thiazole rings is 1. The summed E-state index contributed by atoms with van der Waals surface area (Å²) in [4.78, 5) is 6.91. The Bertz CT molecular complexity index is 904. The second-order valence-corrected chi connectivity index (χ2v) is 5.44. The van der Waals surface area contributed by atoms with Crippen LogP contribution in [0.1, 0.15) is 10.6 Å². The topological polar surface area (TPSA) is 94.7 Å². The lowest BCUT2D eigenvalue weighted by atomic mass is 10.2. The third-order valence-electron chi connectivity index (χ3n) is 2.96. The van der Waals surface area contributed by atoms with E-state index < -0.39 is 0 Å². The average Bonchev–Trinajstić information content (AvgIpc) is 2.97. The van der Waals surface area contributed by atoms with Crippen molar-refractivity contribution in [1.82, 2.24) is 4.98 Å². The fourth-order valence-electron chi connectivity index (χ4n) is 1.92. The van der Waals surface area contributed by atoms with E-state index >= 15 is 0 Å². The summed E-state index contributed by atoms with van der Waals surface area (Å²) in [6, 6.07) is 14.8. The van der Waals surface area contributed by atoms with Gasteiger partial charge in [-0.3, -0.25) is 0 Å². The molecule has 0 amide bonds. The van der Waals surface area contributed by atoms with E-state index in [2.05, 4.69) is 15.0 Å². The lowest BCUT2D eigenvalue weighted by Gasteiger charge is -2.06. The molecule has 0 aliphatic rings. The number of fused-ring (bicyclic) bond motifs is 1. The fourth-order valence-corrected chi connectivity index (χ4v) is 2.71. The zero-order valence-electron chi connectivity index (χ0n) is 11.3. The molecule has 0 aliphatic heterocycles. The molecule has 0 saturated heterocycles. The van der Waals surface area contributed by atoms with Crippen molar-refractivity contribution in [2.75, 3.05) is 0 Å². The van der Waals surface area contributed by atoms with Crippen LogP contribution in [-0.2, 0) is 6.61 Å². The Morgan fingerprint density at radius 1 is 1.27 bits per heavy atom. The Hall–Kier alpha value is -3.07. The molecule has 1 aromatic heterocycles. The quantitative estimate of drug-likeness (QED) is 0.397. The number of azide groups is 1. The predicted molar refractivity (Wildman–Crippen MR) is 83.9 cm³/mol. The highest BCUT2D eigenvalue weighted by molar-refractivity contribution is 7.19. The van der Waals surface area contributed by atoms with E-state index in [1.54, 1.807) is 12.1 Å². The van der Waals surface area contributed by atoms with Crippen LogP contribution in [0.3, 0.4) is 0 Å². The van der Waals surface area contributed by atoms with E-state index in [1.807, 2.05) is 36.4 Å². The van der Waals surface area contributed by atoms with E-state index in [9.17, 15) is 0 Å². The molecule has 0 atom stereocenters. The first-order valence-corrected chi connectivity index (χ1v) is 7.17. The first kappa shape index (κ1) is 13.9. The highest BCUT2D eigenvalue weighted by atomic mass is 32.1. The van der Waals surface area contributed by atoms with Gasteiger partial charge in [0.2, 0.25) is 0 Å². The largest absolute Gasteiger partial charge is 0.489 e. The summed E-state index contributed by atoms with van der Waals surface area (Å²) in [7, 11) is 0. The molecular formula is C15H9N5OS. The van der Waals surface area contributed by atoms with Crippen molar-refractivity contribution in [3.05, 3.63) is 63.5 Å². The first-order chi connectivity index (χ1) is 10.8. The second kappa shape index (κ2) is 6.14. The maximum absolute atomic E-state index is 8.86. The molecular weight excluding hydrogens is 298 g/mol. The number of rotatable bonds is 4. The first-order valence-electron chi connectivity index (χ1n) is 6.36. The Labute approximate surface area is 129 Å². The van der Waals surface area contributed by atoms with Crippen molar-refractivity contribution in [3.63, 3.8) is 0 Å². The van der Waals surface area contributed by atoms with Crippen LogP contribution in [0.25, 0.3) is 20.7 Å². The van der Waals surface area contributed by atoms with Crippen molar-refractivity contribution < 1.29 is 4.74 Å². The summed E-state index contributed by atoms with van der Waals surface area (Å²) in [5.41, 5.74) is 10.7. The van der Waals surface area contributed by atoms with Gasteiger partial charge in [0, 0.05) is 10.6 Å². The molecule has 0 N–H and O–H groups in total. The van der Waals surface area contributed by atoms with Gasteiger partial charge in [-0.25, -0.2) is 4.98 Å². The zero-order chi connectivity index (χ0) is 15.4. The molecule has 3 aromatic rings. The van der Waals surface area contributed by atoms with E-state index in [0.717, 1.165) is 21.5 Å². The smallest absolute Gasteiger partial charge is 0.195 e. The third kappa shape index (κ3) is 2.99. The molecule has 0 fully saturated rings. The predicted octanol–water partition coefficient (Wildman–Crippen LogP) is 4.69. The minimum absolute atomic E-state index is 0.409. The average molecular weight is 307 g/mol.